The summed E-state index contributed by atoms with van der Waals surface area (Å²) in [5.41, 5.74) is 4.73. The van der Waals surface area contributed by atoms with E-state index in [-0.39, 0.29) is 12.3 Å². The number of hydrogen-bond donors (Lipinski definition) is 0. The lowest BCUT2D eigenvalue weighted by Gasteiger charge is -2.15. The molecule has 0 aliphatic carbocycles. The maximum atomic E-state index is 6.03. The average Bonchev–Trinajstić information content (AvgIpc) is 2.95. The van der Waals surface area contributed by atoms with Crippen LogP contribution in [0.1, 0.15) is 30.2 Å². The minimum Gasteiger partial charge on any atom is -0.382 e. The van der Waals surface area contributed by atoms with E-state index in [0.717, 1.165) is 18.4 Å². The van der Waals surface area contributed by atoms with Crippen LogP contribution in [-0.4, -0.2) is 29.4 Å². The van der Waals surface area contributed by atoms with E-state index in [1.165, 1.54) is 16.6 Å². The van der Waals surface area contributed by atoms with Crippen molar-refractivity contribution in [2.75, 3.05) is 13.7 Å². The lowest BCUT2D eigenvalue weighted by Crippen LogP contribution is -2.15. The molecule has 0 saturated carbocycles. The van der Waals surface area contributed by atoms with Gasteiger partial charge in [-0.3, -0.25) is 0 Å². The van der Waals surface area contributed by atoms with E-state index < -0.39 is 0 Å². The van der Waals surface area contributed by atoms with Crippen LogP contribution in [0.2, 0.25) is 0 Å². The molecule has 4 heteroatoms. The number of benzene rings is 1. The van der Waals surface area contributed by atoms with Crippen molar-refractivity contribution in [3.8, 4) is 0 Å². The first-order valence-electron chi connectivity index (χ1n) is 6.77. The third kappa shape index (κ3) is 2.26. The third-order valence-electron chi connectivity index (χ3n) is 3.76. The number of ether oxygens (including phenoxy) is 2. The average molecular weight is 260 g/mol. The summed E-state index contributed by atoms with van der Waals surface area (Å²) in [6.45, 7) is 4.89. The van der Waals surface area contributed by atoms with Crippen molar-refractivity contribution in [3.63, 3.8) is 0 Å². The molecule has 2 atom stereocenters. The monoisotopic (exact) mass is 260 g/mol. The van der Waals surface area contributed by atoms with Gasteiger partial charge in [-0.2, -0.15) is 0 Å². The van der Waals surface area contributed by atoms with Crippen molar-refractivity contribution in [1.29, 1.82) is 0 Å². The zero-order chi connectivity index (χ0) is 13.4. The van der Waals surface area contributed by atoms with Gasteiger partial charge in [0, 0.05) is 7.11 Å². The Hall–Kier alpha value is -1.39. The summed E-state index contributed by atoms with van der Waals surface area (Å²) in [7, 11) is 1.72. The van der Waals surface area contributed by atoms with Crippen LogP contribution in [0.4, 0.5) is 0 Å². The minimum absolute atomic E-state index is 0.0892. The minimum atomic E-state index is 0.0892. The fourth-order valence-electron chi connectivity index (χ4n) is 2.91. The number of nitrogens with zero attached hydrogens (tertiary/aromatic N) is 2. The summed E-state index contributed by atoms with van der Waals surface area (Å²) in [5, 5.41) is 0. The van der Waals surface area contributed by atoms with Gasteiger partial charge in [0.05, 0.1) is 30.1 Å². The summed E-state index contributed by atoms with van der Waals surface area (Å²) in [4.78, 5) is 4.53. The van der Waals surface area contributed by atoms with Gasteiger partial charge in [-0.05, 0) is 43.9 Å². The molecule has 1 aromatic heterocycles. The smallest absolute Gasteiger partial charge is 0.135 e. The van der Waals surface area contributed by atoms with Crippen LogP contribution >= 0.6 is 0 Å². The van der Waals surface area contributed by atoms with E-state index in [2.05, 4.69) is 35.5 Å². The second kappa shape index (κ2) is 4.94. The van der Waals surface area contributed by atoms with Crippen LogP contribution in [0.15, 0.2) is 18.5 Å². The highest BCUT2D eigenvalue weighted by atomic mass is 16.5. The highest BCUT2D eigenvalue weighted by Gasteiger charge is 2.27. The van der Waals surface area contributed by atoms with Gasteiger partial charge < -0.3 is 14.0 Å². The highest BCUT2D eigenvalue weighted by molar-refractivity contribution is 5.79. The van der Waals surface area contributed by atoms with Crippen LogP contribution in [-0.2, 0) is 9.47 Å². The summed E-state index contributed by atoms with van der Waals surface area (Å²) >= 11 is 0. The van der Waals surface area contributed by atoms with Crippen LogP contribution in [0.3, 0.4) is 0 Å². The Balaban J connectivity index is 1.94. The molecule has 0 spiro atoms. The van der Waals surface area contributed by atoms with E-state index in [4.69, 9.17) is 9.47 Å². The molecule has 4 nitrogen and oxygen atoms in total. The quantitative estimate of drug-likeness (QED) is 0.851. The normalized spacial score (nSPS) is 23.3. The number of hydrogen-bond acceptors (Lipinski definition) is 3. The van der Waals surface area contributed by atoms with Gasteiger partial charge >= 0.3 is 0 Å². The van der Waals surface area contributed by atoms with Gasteiger partial charge in [0.25, 0.3) is 0 Å². The Morgan fingerprint density at radius 2 is 2.21 bits per heavy atom. The van der Waals surface area contributed by atoms with Crippen LogP contribution < -0.4 is 0 Å². The predicted octanol–water partition coefficient (Wildman–Crippen LogP) is 2.98. The van der Waals surface area contributed by atoms with E-state index >= 15 is 0 Å². The second-order valence-electron chi connectivity index (χ2n) is 5.35. The van der Waals surface area contributed by atoms with Crippen LogP contribution in [0.25, 0.3) is 11.0 Å². The molecule has 19 heavy (non-hydrogen) atoms. The fourth-order valence-corrected chi connectivity index (χ4v) is 2.91. The standard InChI is InChI=1S/C15H20N2O2/c1-10-6-11(2)15-13(7-10)17(9-16-15)14-5-4-12(19-14)8-18-3/h6-7,9,12,14H,4-5,8H2,1-3H3. The number of fused-ring (bicyclic) bond motifs is 1. The first-order chi connectivity index (χ1) is 9.19. The van der Waals surface area contributed by atoms with E-state index in [9.17, 15) is 0 Å². The Kier molecular flexibility index (Phi) is 3.29. The van der Waals surface area contributed by atoms with Crippen LogP contribution in [0.5, 0.6) is 0 Å². The molecule has 2 unspecified atom stereocenters. The molecule has 1 aromatic carbocycles. The molecule has 3 rings (SSSR count). The van der Waals surface area contributed by atoms with Gasteiger partial charge in [0.2, 0.25) is 0 Å². The van der Waals surface area contributed by atoms with E-state index in [0.29, 0.717) is 6.61 Å². The van der Waals surface area contributed by atoms with Gasteiger partial charge in [-0.1, -0.05) is 6.07 Å². The first kappa shape index (κ1) is 12.6. The summed E-state index contributed by atoms with van der Waals surface area (Å²) in [6, 6.07) is 4.35. The second-order valence-corrected chi connectivity index (χ2v) is 5.35. The SMILES string of the molecule is COCC1CCC(n2cnc3c(C)cc(C)cc32)O1. The predicted molar refractivity (Wildman–Crippen MR) is 74.2 cm³/mol. The Labute approximate surface area is 113 Å². The number of aryl methyl sites for hydroxylation is 2. The number of rotatable bonds is 3. The van der Waals surface area contributed by atoms with Crippen molar-refractivity contribution in [1.82, 2.24) is 9.55 Å². The van der Waals surface area contributed by atoms with Crippen molar-refractivity contribution in [2.24, 2.45) is 0 Å². The maximum absolute atomic E-state index is 6.03. The van der Waals surface area contributed by atoms with E-state index in [1.807, 2.05) is 6.33 Å². The van der Waals surface area contributed by atoms with Crippen molar-refractivity contribution < 1.29 is 9.47 Å². The zero-order valence-corrected chi connectivity index (χ0v) is 11.7. The maximum Gasteiger partial charge on any atom is 0.135 e. The molecule has 0 N–H and O–H groups in total. The lowest BCUT2D eigenvalue weighted by atomic mass is 10.1. The topological polar surface area (TPSA) is 36.3 Å². The van der Waals surface area contributed by atoms with Crippen molar-refractivity contribution >= 4 is 11.0 Å². The number of imidazole rings is 1. The highest BCUT2D eigenvalue weighted by Crippen LogP contribution is 2.31. The number of methoxy groups -OCH3 is 1. The van der Waals surface area contributed by atoms with Crippen molar-refractivity contribution in [2.45, 2.75) is 39.0 Å². The molecule has 1 aliphatic rings. The molecule has 0 radical (unpaired) electrons. The van der Waals surface area contributed by atoms with Gasteiger partial charge in [0.15, 0.2) is 0 Å². The molecule has 1 saturated heterocycles. The number of aromatic nitrogens is 2. The Morgan fingerprint density at radius 3 is 3.00 bits per heavy atom. The van der Waals surface area contributed by atoms with Crippen molar-refractivity contribution in [3.05, 3.63) is 29.6 Å². The van der Waals surface area contributed by atoms with Crippen LogP contribution in [0, 0.1) is 13.8 Å². The molecule has 102 valence electrons. The molecule has 1 aliphatic heterocycles. The van der Waals surface area contributed by atoms with Gasteiger partial charge in [-0.15, -0.1) is 0 Å². The summed E-state index contributed by atoms with van der Waals surface area (Å²) in [5.74, 6) is 0. The third-order valence-corrected chi connectivity index (χ3v) is 3.76. The summed E-state index contributed by atoms with van der Waals surface area (Å²) < 4.78 is 13.4. The Morgan fingerprint density at radius 1 is 1.37 bits per heavy atom. The molecular formula is C15H20N2O2. The largest absolute Gasteiger partial charge is 0.382 e. The fraction of sp³-hybridized carbons (Fsp3) is 0.533. The molecular weight excluding hydrogens is 240 g/mol. The molecule has 1 fully saturated rings. The van der Waals surface area contributed by atoms with Gasteiger partial charge in [0.1, 0.15) is 6.23 Å². The molecule has 0 bridgehead atoms. The lowest BCUT2D eigenvalue weighted by molar-refractivity contribution is -0.0298. The first-order valence-corrected chi connectivity index (χ1v) is 6.77. The molecule has 2 aromatic rings. The molecule has 0 amide bonds. The zero-order valence-electron chi connectivity index (χ0n) is 11.7. The molecule has 2 heterocycles. The van der Waals surface area contributed by atoms with Gasteiger partial charge in [-0.25, -0.2) is 4.98 Å². The Bertz CT molecular complexity index is 591. The van der Waals surface area contributed by atoms with E-state index in [1.54, 1.807) is 7.11 Å². The summed E-state index contributed by atoms with van der Waals surface area (Å²) in [6.07, 6.45) is 4.26.